The zero-order valence-electron chi connectivity index (χ0n) is 15.5. The highest BCUT2D eigenvalue weighted by Gasteiger charge is 2.72. The zero-order chi connectivity index (χ0) is 21.1. The van der Waals surface area contributed by atoms with Crippen LogP contribution in [0.1, 0.15) is 31.4 Å². The molecule has 158 valence electrons. The number of rotatable bonds is 3. The van der Waals surface area contributed by atoms with E-state index in [1.165, 1.54) is 11.0 Å². The number of fused-ring (bicyclic) bond motifs is 1. The van der Waals surface area contributed by atoms with Crippen molar-refractivity contribution in [1.29, 1.82) is 0 Å². The molecule has 1 heterocycles. The molecular formula is C19H20ClF4N3O2. The average Bonchev–Trinajstić information content (AvgIpc) is 3.01. The molecule has 3 aliphatic rings. The van der Waals surface area contributed by atoms with Gasteiger partial charge in [-0.3, -0.25) is 4.79 Å². The lowest BCUT2D eigenvalue weighted by Gasteiger charge is -2.35. The Balaban J connectivity index is 1.60. The Kier molecular flexibility index (Phi) is 4.91. The van der Waals surface area contributed by atoms with Crippen molar-refractivity contribution in [3.8, 4) is 0 Å². The second kappa shape index (κ2) is 7.04. The van der Waals surface area contributed by atoms with Gasteiger partial charge in [-0.05, 0) is 31.7 Å². The molecular weight excluding hydrogens is 414 g/mol. The van der Waals surface area contributed by atoms with Gasteiger partial charge in [-0.2, -0.15) is 0 Å². The maximum absolute atomic E-state index is 14.7. The molecule has 29 heavy (non-hydrogen) atoms. The first-order valence-electron chi connectivity index (χ1n) is 9.49. The van der Waals surface area contributed by atoms with Crippen LogP contribution >= 0.6 is 11.6 Å². The molecule has 1 saturated heterocycles. The highest BCUT2D eigenvalue weighted by Crippen LogP contribution is 2.67. The fraction of sp³-hybridized carbons (Fsp3) is 0.579. The van der Waals surface area contributed by atoms with Gasteiger partial charge in [0.05, 0.1) is 6.04 Å². The summed E-state index contributed by atoms with van der Waals surface area (Å²) in [5.74, 6) is -7.02. The minimum atomic E-state index is -2.72. The molecule has 2 unspecified atom stereocenters. The van der Waals surface area contributed by atoms with Crippen LogP contribution in [0.15, 0.2) is 12.1 Å². The van der Waals surface area contributed by atoms with Gasteiger partial charge in [0.1, 0.15) is 22.7 Å². The molecule has 0 bridgehead atoms. The van der Waals surface area contributed by atoms with Crippen molar-refractivity contribution >= 4 is 23.5 Å². The molecule has 0 spiro atoms. The number of hydrogen-bond donors (Lipinski definition) is 2. The van der Waals surface area contributed by atoms with Gasteiger partial charge < -0.3 is 15.5 Å². The molecule has 1 aromatic carbocycles. The number of amides is 3. The van der Waals surface area contributed by atoms with Gasteiger partial charge in [0.15, 0.2) is 0 Å². The number of carbonyl (C=O) groups is 2. The van der Waals surface area contributed by atoms with Gasteiger partial charge >= 0.3 is 6.03 Å². The minimum Gasteiger partial charge on any atom is -0.353 e. The molecule has 0 radical (unpaired) electrons. The Morgan fingerprint density at radius 3 is 2.62 bits per heavy atom. The lowest BCUT2D eigenvalue weighted by atomic mass is 9.88. The van der Waals surface area contributed by atoms with Crippen molar-refractivity contribution < 1.29 is 27.2 Å². The largest absolute Gasteiger partial charge is 0.353 e. The van der Waals surface area contributed by atoms with Crippen LogP contribution in [-0.4, -0.2) is 41.9 Å². The lowest BCUT2D eigenvalue weighted by Crippen LogP contribution is -2.58. The summed E-state index contributed by atoms with van der Waals surface area (Å²) < 4.78 is 55.6. The molecule has 10 heteroatoms. The van der Waals surface area contributed by atoms with E-state index in [0.717, 1.165) is 6.07 Å². The van der Waals surface area contributed by atoms with E-state index in [0.29, 0.717) is 0 Å². The first-order chi connectivity index (χ1) is 13.6. The second-order valence-electron chi connectivity index (χ2n) is 7.97. The molecule has 0 aromatic heterocycles. The molecule has 1 aromatic rings. The number of alkyl halides is 2. The topological polar surface area (TPSA) is 61.4 Å². The Hall–Kier alpha value is -2.03. The second-order valence-corrected chi connectivity index (χ2v) is 8.35. The van der Waals surface area contributed by atoms with Gasteiger partial charge in [-0.1, -0.05) is 17.7 Å². The number of urea groups is 1. The smallest absolute Gasteiger partial charge is 0.318 e. The molecule has 2 saturated carbocycles. The third kappa shape index (κ3) is 3.33. The van der Waals surface area contributed by atoms with Crippen LogP contribution < -0.4 is 10.6 Å². The Morgan fingerprint density at radius 2 is 1.97 bits per heavy atom. The number of benzene rings is 1. The number of nitrogens with zero attached hydrogens (tertiary/aromatic N) is 1. The predicted molar refractivity (Wildman–Crippen MR) is 96.5 cm³/mol. The van der Waals surface area contributed by atoms with Crippen LogP contribution in [0.3, 0.4) is 0 Å². The van der Waals surface area contributed by atoms with E-state index >= 15 is 0 Å². The molecule has 5 nitrogen and oxygen atoms in total. The average molecular weight is 434 g/mol. The van der Waals surface area contributed by atoms with Crippen LogP contribution in [0.5, 0.6) is 0 Å². The summed E-state index contributed by atoms with van der Waals surface area (Å²) in [4.78, 5) is 26.0. The molecule has 2 N–H and O–H groups in total. The van der Waals surface area contributed by atoms with Gasteiger partial charge in [0.25, 0.3) is 5.92 Å². The fourth-order valence-corrected chi connectivity index (χ4v) is 4.80. The van der Waals surface area contributed by atoms with Crippen molar-refractivity contribution in [2.75, 3.05) is 13.1 Å². The van der Waals surface area contributed by atoms with Crippen molar-refractivity contribution in [1.82, 2.24) is 15.5 Å². The van der Waals surface area contributed by atoms with E-state index < -0.39 is 58.4 Å². The van der Waals surface area contributed by atoms with E-state index in [1.54, 1.807) is 6.92 Å². The van der Waals surface area contributed by atoms with Crippen molar-refractivity contribution in [3.63, 3.8) is 0 Å². The summed E-state index contributed by atoms with van der Waals surface area (Å²) in [7, 11) is 0. The summed E-state index contributed by atoms with van der Waals surface area (Å²) in [6, 6.07) is -0.129. The summed E-state index contributed by atoms with van der Waals surface area (Å²) in [5, 5.41) is 4.62. The molecule has 1 aliphatic heterocycles. The fourth-order valence-electron chi connectivity index (χ4n) is 4.63. The molecule has 3 amide bonds. The summed E-state index contributed by atoms with van der Waals surface area (Å²) in [5.41, 5.74) is -0.0477. The minimum absolute atomic E-state index is 0.0477. The number of hydrogen-bond acceptors (Lipinski definition) is 2. The highest BCUT2D eigenvalue weighted by molar-refractivity contribution is 6.31. The molecule has 5 atom stereocenters. The first kappa shape index (κ1) is 20.3. The first-order valence-corrected chi connectivity index (χ1v) is 9.86. The van der Waals surface area contributed by atoms with Gasteiger partial charge in [-0.15, -0.1) is 0 Å². The van der Waals surface area contributed by atoms with Crippen LogP contribution in [0.2, 0.25) is 5.02 Å². The molecule has 2 aliphatic carbocycles. The van der Waals surface area contributed by atoms with E-state index in [-0.39, 0.29) is 37.4 Å². The number of nitrogens with one attached hydrogen (secondary N) is 2. The van der Waals surface area contributed by atoms with E-state index in [9.17, 15) is 27.2 Å². The van der Waals surface area contributed by atoms with Gasteiger partial charge in [0, 0.05) is 30.5 Å². The maximum Gasteiger partial charge on any atom is 0.318 e. The predicted octanol–water partition coefficient (Wildman–Crippen LogP) is 3.48. The zero-order valence-corrected chi connectivity index (χ0v) is 16.3. The monoisotopic (exact) mass is 433 g/mol. The van der Waals surface area contributed by atoms with Gasteiger partial charge in [-0.25, -0.2) is 22.4 Å². The SMILES string of the molecule is C[C@@H]1C(=O)NCCN1C(=O)NC(c1ccc(F)c(Cl)c1F)C1C[C@@H]2[C@H](C1)C2(F)F. The highest BCUT2D eigenvalue weighted by atomic mass is 35.5. The van der Waals surface area contributed by atoms with E-state index in [2.05, 4.69) is 10.6 Å². The molecule has 4 rings (SSSR count). The van der Waals surface area contributed by atoms with Crippen molar-refractivity contribution in [3.05, 3.63) is 34.4 Å². The number of piperazine rings is 1. The lowest BCUT2D eigenvalue weighted by molar-refractivity contribution is -0.127. The Morgan fingerprint density at radius 1 is 1.31 bits per heavy atom. The molecule has 3 fully saturated rings. The summed E-state index contributed by atoms with van der Waals surface area (Å²) >= 11 is 5.70. The summed E-state index contributed by atoms with van der Waals surface area (Å²) in [6.07, 6.45) is 0.236. The van der Waals surface area contributed by atoms with Gasteiger partial charge in [0.2, 0.25) is 5.91 Å². The van der Waals surface area contributed by atoms with E-state index in [4.69, 9.17) is 11.6 Å². The third-order valence-electron chi connectivity index (χ3n) is 6.39. The van der Waals surface area contributed by atoms with Crippen LogP contribution in [-0.2, 0) is 4.79 Å². The van der Waals surface area contributed by atoms with Crippen molar-refractivity contribution in [2.45, 2.75) is 37.8 Å². The maximum atomic E-state index is 14.7. The van der Waals surface area contributed by atoms with Crippen LogP contribution in [0.25, 0.3) is 0 Å². The Bertz CT molecular complexity index is 854. The normalized spacial score (nSPS) is 31.1. The third-order valence-corrected chi connectivity index (χ3v) is 6.74. The standard InChI is InChI=1S/C19H20ClF4N3O2/c1-8-17(28)25-4-5-27(8)18(29)26-16(9-6-11-12(7-9)19(11,23)24)10-2-3-13(21)14(20)15(10)22/h2-3,8-9,11-12,16H,4-7H2,1H3,(H,25,28)(H,26,29)/t8-,9?,11-,12+,16?/m1/s1. The van der Waals surface area contributed by atoms with E-state index in [1.807, 2.05) is 0 Å². The number of carbonyl (C=O) groups excluding carboxylic acids is 2. The number of halogens is 5. The van der Waals surface area contributed by atoms with Crippen LogP contribution in [0.4, 0.5) is 22.4 Å². The summed E-state index contributed by atoms with van der Waals surface area (Å²) in [6.45, 7) is 2.09. The Labute approximate surface area is 169 Å². The van der Waals surface area contributed by atoms with Crippen LogP contribution in [0, 0.1) is 29.4 Å². The van der Waals surface area contributed by atoms with Crippen molar-refractivity contribution in [2.24, 2.45) is 17.8 Å². The quantitative estimate of drug-likeness (QED) is 0.566.